The molecule has 1 saturated heterocycles. The Labute approximate surface area is 125 Å². The number of nitrogens with zero attached hydrogens (tertiary/aromatic N) is 1. The van der Waals surface area contributed by atoms with Crippen LogP contribution >= 0.6 is 0 Å². The average Bonchev–Trinajstić information content (AvgIpc) is 2.74. The van der Waals surface area contributed by atoms with Crippen molar-refractivity contribution in [1.82, 2.24) is 5.32 Å². The molecule has 2 heteroatoms. The van der Waals surface area contributed by atoms with E-state index in [1.807, 2.05) is 26.7 Å². The van der Waals surface area contributed by atoms with Gasteiger partial charge in [-0.15, -0.1) is 0 Å². The molecule has 0 unspecified atom stereocenters. The van der Waals surface area contributed by atoms with Crippen molar-refractivity contribution in [3.8, 4) is 0 Å². The van der Waals surface area contributed by atoms with Crippen molar-refractivity contribution in [2.45, 2.75) is 48.5 Å². The quantitative estimate of drug-likeness (QED) is 0.595. The summed E-state index contributed by atoms with van der Waals surface area (Å²) in [4.78, 5) is 0. The van der Waals surface area contributed by atoms with Gasteiger partial charge in [0.1, 0.15) is 0 Å². The molecule has 2 rings (SSSR count). The largest absolute Gasteiger partial charge is 2.00 e. The van der Waals surface area contributed by atoms with Crippen LogP contribution in [0.5, 0.6) is 0 Å². The van der Waals surface area contributed by atoms with Crippen LogP contribution in [0.1, 0.15) is 48.5 Å². The number of hydrogen-bond donors (Lipinski definition) is 0. The zero-order chi connectivity index (χ0) is 13.2. The molecule has 0 aromatic carbocycles. The Bertz CT molecular complexity index is 178. The first-order valence-corrected chi connectivity index (χ1v) is 6.11. The van der Waals surface area contributed by atoms with Gasteiger partial charge in [0, 0.05) is 0 Å². The van der Waals surface area contributed by atoms with Crippen LogP contribution < -0.4 is 5.32 Å². The van der Waals surface area contributed by atoms with Crippen molar-refractivity contribution >= 4 is 0 Å². The predicted octanol–water partition coefficient (Wildman–Crippen LogP) is 4.09. The molecule has 1 saturated carbocycles. The third-order valence-electron chi connectivity index (χ3n) is 3.73. The molecule has 18 heavy (non-hydrogen) atoms. The van der Waals surface area contributed by atoms with Gasteiger partial charge in [0.2, 0.25) is 0 Å². The number of rotatable bonds is 0. The van der Waals surface area contributed by atoms with E-state index in [9.17, 15) is 0 Å². The van der Waals surface area contributed by atoms with E-state index in [4.69, 9.17) is 0 Å². The summed E-state index contributed by atoms with van der Waals surface area (Å²) in [6, 6.07) is 2.22. The smallest absolute Gasteiger partial charge is 0.224 e. The van der Waals surface area contributed by atoms with Crippen molar-refractivity contribution in [1.29, 1.82) is 0 Å². The molecular formula is C16H23FeN+2. The molecule has 0 N–H and O–H groups in total. The Balaban J connectivity index is 0.000000321. The van der Waals surface area contributed by atoms with Crippen LogP contribution in [-0.2, 0) is 17.1 Å². The maximum atomic E-state index is 4.11. The first-order valence-electron chi connectivity index (χ1n) is 6.11. The van der Waals surface area contributed by atoms with Gasteiger partial charge in [0.05, 0.1) is 12.1 Å². The molecule has 1 aliphatic carbocycles. The first-order chi connectivity index (χ1) is 7.84. The van der Waals surface area contributed by atoms with Gasteiger partial charge >= 0.3 is 17.1 Å². The Kier molecular flexibility index (Phi) is 8.13. The molecule has 0 amide bonds. The van der Waals surface area contributed by atoms with Crippen molar-refractivity contribution < 1.29 is 17.1 Å². The SMILES string of the molecule is C[C]1[CH][CH][C](C)[N]1.C[C]1[C](C)[C](C)[C](C)[C]1C.[Fe+2]. The molecule has 1 heterocycles. The fraction of sp³-hybridized carbons (Fsp3) is 0.438. The minimum atomic E-state index is 0. The fourth-order valence-corrected chi connectivity index (χ4v) is 2.00. The third-order valence-corrected chi connectivity index (χ3v) is 3.73. The van der Waals surface area contributed by atoms with Crippen molar-refractivity contribution in [2.24, 2.45) is 0 Å². The second-order valence-corrected chi connectivity index (χ2v) is 4.85. The van der Waals surface area contributed by atoms with Gasteiger partial charge in [-0.1, -0.05) is 34.6 Å². The maximum absolute atomic E-state index is 4.11. The van der Waals surface area contributed by atoms with E-state index in [2.05, 4.69) is 39.9 Å². The summed E-state index contributed by atoms with van der Waals surface area (Å²) >= 11 is 0. The van der Waals surface area contributed by atoms with Crippen LogP contribution in [0.4, 0.5) is 0 Å². The van der Waals surface area contributed by atoms with Gasteiger partial charge in [-0.25, -0.2) is 5.32 Å². The molecule has 10 radical (unpaired) electrons. The molecule has 0 aromatic heterocycles. The Morgan fingerprint density at radius 3 is 0.889 bits per heavy atom. The number of hydrogen-bond acceptors (Lipinski definition) is 0. The van der Waals surface area contributed by atoms with Gasteiger partial charge in [-0.05, 0) is 56.3 Å². The fourth-order valence-electron chi connectivity index (χ4n) is 2.00. The Morgan fingerprint density at radius 1 is 0.556 bits per heavy atom. The Hall–Kier alpha value is 0.479. The summed E-state index contributed by atoms with van der Waals surface area (Å²) in [6.45, 7) is 15.0. The maximum Gasteiger partial charge on any atom is 2.00 e. The molecule has 0 bridgehead atoms. The van der Waals surface area contributed by atoms with E-state index < -0.39 is 0 Å². The molecule has 98 valence electrons. The molecule has 1 nitrogen and oxygen atoms in total. The van der Waals surface area contributed by atoms with E-state index in [1.165, 1.54) is 29.6 Å². The summed E-state index contributed by atoms with van der Waals surface area (Å²) in [5, 5.41) is 4.11. The summed E-state index contributed by atoms with van der Waals surface area (Å²) in [7, 11) is 0. The predicted molar refractivity (Wildman–Crippen MR) is 73.2 cm³/mol. The second-order valence-electron chi connectivity index (χ2n) is 4.85. The molecule has 0 aromatic rings. The zero-order valence-electron chi connectivity index (χ0n) is 12.5. The van der Waals surface area contributed by atoms with Crippen molar-refractivity contribution in [3.63, 3.8) is 0 Å². The van der Waals surface area contributed by atoms with E-state index in [0.717, 1.165) is 12.1 Å². The van der Waals surface area contributed by atoms with Crippen molar-refractivity contribution in [2.75, 3.05) is 0 Å². The monoisotopic (exact) mass is 285 g/mol. The van der Waals surface area contributed by atoms with Crippen LogP contribution in [0, 0.1) is 54.5 Å². The summed E-state index contributed by atoms with van der Waals surface area (Å²) in [5.41, 5.74) is 0. The summed E-state index contributed by atoms with van der Waals surface area (Å²) in [5.74, 6) is 7.34. The molecule has 0 spiro atoms. The van der Waals surface area contributed by atoms with E-state index in [-0.39, 0.29) is 17.1 Å². The third kappa shape index (κ3) is 4.54. The standard InChI is InChI=1S/C10H15.C6H8N.Fe/c1-6-7(2)9(4)10(5)8(6)3;1-5-3-4-6(2)7-5;/h1-5H3;3-4H,1-2H3;/q;;+2. The zero-order valence-corrected chi connectivity index (χ0v) is 13.6. The van der Waals surface area contributed by atoms with Crippen LogP contribution in [0.2, 0.25) is 0 Å². The minimum absolute atomic E-state index is 0. The molecule has 2 fully saturated rings. The first kappa shape index (κ1) is 18.5. The summed E-state index contributed by atoms with van der Waals surface area (Å²) in [6.07, 6.45) is 4.02. The van der Waals surface area contributed by atoms with E-state index in [1.54, 1.807) is 0 Å². The molecule has 1 aliphatic heterocycles. The van der Waals surface area contributed by atoms with E-state index >= 15 is 0 Å². The average molecular weight is 285 g/mol. The topological polar surface area (TPSA) is 14.1 Å². The van der Waals surface area contributed by atoms with Crippen LogP contribution in [0.3, 0.4) is 0 Å². The van der Waals surface area contributed by atoms with Gasteiger partial charge in [-0.3, -0.25) is 0 Å². The van der Waals surface area contributed by atoms with Gasteiger partial charge in [-0.2, -0.15) is 0 Å². The normalized spacial score (nSPS) is 26.2. The van der Waals surface area contributed by atoms with Crippen molar-refractivity contribution in [3.05, 3.63) is 54.5 Å². The molecular weight excluding hydrogens is 262 g/mol. The molecule has 0 atom stereocenters. The summed E-state index contributed by atoms with van der Waals surface area (Å²) < 4.78 is 0. The van der Waals surface area contributed by atoms with Gasteiger partial charge in [0.15, 0.2) is 0 Å². The van der Waals surface area contributed by atoms with Crippen LogP contribution in [0.15, 0.2) is 0 Å². The Morgan fingerprint density at radius 2 is 0.778 bits per heavy atom. The second kappa shape index (κ2) is 7.92. The van der Waals surface area contributed by atoms with Gasteiger partial charge in [0.25, 0.3) is 0 Å². The van der Waals surface area contributed by atoms with Gasteiger partial charge < -0.3 is 0 Å². The van der Waals surface area contributed by atoms with E-state index in [0.29, 0.717) is 0 Å². The molecule has 2 aliphatic rings. The van der Waals surface area contributed by atoms with Crippen LogP contribution in [-0.4, -0.2) is 0 Å². The van der Waals surface area contributed by atoms with Crippen LogP contribution in [0.25, 0.3) is 0 Å². The minimum Gasteiger partial charge on any atom is -0.224 e.